The van der Waals surface area contributed by atoms with Gasteiger partial charge in [0.1, 0.15) is 0 Å². The van der Waals surface area contributed by atoms with Crippen molar-refractivity contribution >= 4 is 75.1 Å². The molecule has 238 valence electrons. The Bertz CT molecular complexity index is 3130. The molecule has 0 aliphatic heterocycles. The Morgan fingerprint density at radius 1 is 0.373 bits per heavy atom. The first kappa shape index (κ1) is 28.3. The fraction of sp³-hybridized carbons (Fsp3) is 0. The molecule has 51 heavy (non-hydrogen) atoms. The molecule has 0 bridgehead atoms. The average Bonchev–Trinajstić information content (AvgIpc) is 3.86. The van der Waals surface area contributed by atoms with Crippen LogP contribution in [-0.2, 0) is 0 Å². The second kappa shape index (κ2) is 11.0. The lowest BCUT2D eigenvalue weighted by molar-refractivity contribution is 0.995. The van der Waals surface area contributed by atoms with Crippen LogP contribution in [0.5, 0.6) is 0 Å². The molecule has 11 aromatic rings. The number of nitrogens with zero attached hydrogens (tertiary/aromatic N) is 4. The summed E-state index contributed by atoms with van der Waals surface area (Å²) in [5.74, 6) is 0.644. The first-order chi connectivity index (χ1) is 25.3. The van der Waals surface area contributed by atoms with Gasteiger partial charge in [0, 0.05) is 58.5 Å². The number of rotatable bonds is 4. The maximum Gasteiger partial charge on any atom is 0.235 e. The Hall–Kier alpha value is -6.56. The molecule has 4 nitrogen and oxygen atoms in total. The molecule has 7 aromatic carbocycles. The summed E-state index contributed by atoms with van der Waals surface area (Å²) in [5.41, 5.74) is 9.46. The van der Waals surface area contributed by atoms with Gasteiger partial charge in [-0.25, -0.2) is 9.97 Å². The average molecular weight is 669 g/mol. The van der Waals surface area contributed by atoms with E-state index in [1.165, 1.54) is 47.2 Å². The van der Waals surface area contributed by atoms with Crippen LogP contribution in [0.4, 0.5) is 0 Å². The van der Waals surface area contributed by atoms with Crippen LogP contribution in [0.15, 0.2) is 170 Å². The third kappa shape index (κ3) is 4.25. The highest BCUT2D eigenvalue weighted by atomic mass is 32.1. The topological polar surface area (TPSA) is 35.6 Å². The van der Waals surface area contributed by atoms with Crippen molar-refractivity contribution in [1.82, 2.24) is 19.1 Å². The van der Waals surface area contributed by atoms with Crippen LogP contribution in [0.25, 0.3) is 97.9 Å². The largest absolute Gasteiger partial charge is 0.307 e. The second-order valence-electron chi connectivity index (χ2n) is 13.0. The van der Waals surface area contributed by atoms with Gasteiger partial charge in [0.25, 0.3) is 0 Å². The maximum absolute atomic E-state index is 5.45. The highest BCUT2D eigenvalue weighted by molar-refractivity contribution is 7.25. The van der Waals surface area contributed by atoms with Gasteiger partial charge in [0.2, 0.25) is 5.95 Å². The monoisotopic (exact) mass is 668 g/mol. The zero-order valence-electron chi connectivity index (χ0n) is 27.4. The van der Waals surface area contributed by atoms with Gasteiger partial charge in [-0.2, -0.15) is 0 Å². The Kier molecular flexibility index (Phi) is 6.09. The van der Waals surface area contributed by atoms with Gasteiger partial charge in [0.15, 0.2) is 0 Å². The van der Waals surface area contributed by atoms with Crippen molar-refractivity contribution in [2.75, 3.05) is 0 Å². The van der Waals surface area contributed by atoms with E-state index in [4.69, 9.17) is 9.97 Å². The highest BCUT2D eigenvalue weighted by Crippen LogP contribution is 2.42. The van der Waals surface area contributed by atoms with E-state index < -0.39 is 0 Å². The molecule has 0 radical (unpaired) electrons. The van der Waals surface area contributed by atoms with Crippen molar-refractivity contribution in [3.8, 4) is 34.2 Å². The van der Waals surface area contributed by atoms with E-state index in [-0.39, 0.29) is 0 Å². The van der Waals surface area contributed by atoms with Crippen LogP contribution in [-0.4, -0.2) is 19.1 Å². The summed E-state index contributed by atoms with van der Waals surface area (Å²) in [6, 6.07) is 60.5. The summed E-state index contributed by atoms with van der Waals surface area (Å²) in [5, 5.41) is 7.27. The molecule has 0 amide bonds. The van der Waals surface area contributed by atoms with E-state index in [9.17, 15) is 0 Å². The van der Waals surface area contributed by atoms with Gasteiger partial charge in [-0.15, -0.1) is 11.3 Å². The molecule has 0 saturated heterocycles. The van der Waals surface area contributed by atoms with Crippen LogP contribution in [0, 0.1) is 0 Å². The fourth-order valence-electron chi connectivity index (χ4n) is 7.88. The Morgan fingerprint density at radius 3 is 1.65 bits per heavy atom. The number of fused-ring (bicyclic) bond motifs is 10. The quantitative estimate of drug-likeness (QED) is 0.187. The number of para-hydroxylation sites is 3. The Balaban J connectivity index is 1.28. The molecule has 0 N–H and O–H groups in total. The third-order valence-corrected chi connectivity index (χ3v) is 11.3. The summed E-state index contributed by atoms with van der Waals surface area (Å²) < 4.78 is 7.26. The summed E-state index contributed by atoms with van der Waals surface area (Å²) in [7, 11) is 0. The van der Waals surface area contributed by atoms with E-state index in [2.05, 4.69) is 173 Å². The summed E-state index contributed by atoms with van der Waals surface area (Å²) >= 11 is 1.83. The number of benzene rings is 7. The lowest BCUT2D eigenvalue weighted by Crippen LogP contribution is -2.05. The summed E-state index contributed by atoms with van der Waals surface area (Å²) in [6.45, 7) is 0. The van der Waals surface area contributed by atoms with Crippen molar-refractivity contribution in [1.29, 1.82) is 0 Å². The predicted molar refractivity (Wildman–Crippen MR) is 214 cm³/mol. The van der Waals surface area contributed by atoms with Crippen molar-refractivity contribution in [3.05, 3.63) is 170 Å². The SMILES string of the molecule is c1ccc(-c2cc(-c3ccc4sc5ccccc5c4c3)nc(-n3c4ccccc4c4ccc5c6ccccc6n(-c6ccccc6)c5c43)n2)cc1. The van der Waals surface area contributed by atoms with Gasteiger partial charge in [-0.3, -0.25) is 4.57 Å². The van der Waals surface area contributed by atoms with Gasteiger partial charge >= 0.3 is 0 Å². The van der Waals surface area contributed by atoms with Crippen molar-refractivity contribution in [3.63, 3.8) is 0 Å². The highest BCUT2D eigenvalue weighted by Gasteiger charge is 2.23. The minimum Gasteiger partial charge on any atom is -0.307 e. The second-order valence-corrected chi connectivity index (χ2v) is 14.1. The van der Waals surface area contributed by atoms with Crippen LogP contribution < -0.4 is 0 Å². The number of aromatic nitrogens is 4. The van der Waals surface area contributed by atoms with Crippen molar-refractivity contribution in [2.45, 2.75) is 0 Å². The Morgan fingerprint density at radius 2 is 0.922 bits per heavy atom. The first-order valence-corrected chi connectivity index (χ1v) is 18.0. The van der Waals surface area contributed by atoms with E-state index in [0.717, 1.165) is 44.8 Å². The molecule has 0 atom stereocenters. The third-order valence-electron chi connectivity index (χ3n) is 10.1. The van der Waals surface area contributed by atoms with Gasteiger partial charge < -0.3 is 4.57 Å². The zero-order chi connectivity index (χ0) is 33.5. The molecular formula is C46H28N4S. The molecule has 11 rings (SSSR count). The van der Waals surface area contributed by atoms with E-state index >= 15 is 0 Å². The molecule has 0 aliphatic rings. The summed E-state index contributed by atoms with van der Waals surface area (Å²) in [6.07, 6.45) is 0. The standard InChI is InChI=1S/C46H28N4S/c1-3-13-29(14-4-1)38-28-39(30-23-26-43-37(27-30)34-19-9-12-22-42(34)51-43)48-46(47-38)50-41-21-11-8-18-33(41)36-25-24-35-32-17-7-10-20-40(32)49(44(35)45(36)50)31-15-5-2-6-16-31/h1-28H. The molecule has 5 heteroatoms. The lowest BCUT2D eigenvalue weighted by atomic mass is 10.0. The molecule has 0 spiro atoms. The lowest BCUT2D eigenvalue weighted by Gasteiger charge is -2.14. The number of hydrogen-bond donors (Lipinski definition) is 0. The van der Waals surface area contributed by atoms with E-state index in [1.807, 2.05) is 17.4 Å². The van der Waals surface area contributed by atoms with Gasteiger partial charge in [0.05, 0.1) is 33.5 Å². The first-order valence-electron chi connectivity index (χ1n) is 17.2. The fourth-order valence-corrected chi connectivity index (χ4v) is 8.96. The number of hydrogen-bond acceptors (Lipinski definition) is 3. The van der Waals surface area contributed by atoms with Crippen LogP contribution in [0.2, 0.25) is 0 Å². The summed E-state index contributed by atoms with van der Waals surface area (Å²) in [4.78, 5) is 10.8. The van der Waals surface area contributed by atoms with E-state index in [1.54, 1.807) is 0 Å². The smallest absolute Gasteiger partial charge is 0.235 e. The van der Waals surface area contributed by atoms with Crippen LogP contribution in [0.3, 0.4) is 0 Å². The van der Waals surface area contributed by atoms with Gasteiger partial charge in [-0.05, 0) is 48.5 Å². The van der Waals surface area contributed by atoms with Crippen molar-refractivity contribution < 1.29 is 0 Å². The predicted octanol–water partition coefficient (Wildman–Crippen LogP) is 12.4. The molecule has 4 aromatic heterocycles. The molecule has 0 saturated carbocycles. The molecular weight excluding hydrogens is 641 g/mol. The zero-order valence-corrected chi connectivity index (χ0v) is 28.2. The normalized spacial score (nSPS) is 11.9. The Labute approximate surface area is 297 Å². The van der Waals surface area contributed by atoms with Crippen molar-refractivity contribution in [2.24, 2.45) is 0 Å². The van der Waals surface area contributed by atoms with E-state index in [0.29, 0.717) is 5.95 Å². The maximum atomic E-state index is 5.45. The number of thiophene rings is 1. The minimum atomic E-state index is 0.644. The molecule has 0 unspecified atom stereocenters. The molecule has 0 aliphatic carbocycles. The van der Waals surface area contributed by atoms with Crippen LogP contribution in [0.1, 0.15) is 0 Å². The molecule has 4 heterocycles. The van der Waals surface area contributed by atoms with Gasteiger partial charge in [-0.1, -0.05) is 121 Å². The molecule has 0 fully saturated rings. The minimum absolute atomic E-state index is 0.644. The van der Waals surface area contributed by atoms with Crippen LogP contribution >= 0.6 is 11.3 Å².